The summed E-state index contributed by atoms with van der Waals surface area (Å²) in [6.45, 7) is 0.743. The Balaban J connectivity index is 2.93. The van der Waals surface area contributed by atoms with Crippen molar-refractivity contribution in [1.82, 2.24) is 5.32 Å². The van der Waals surface area contributed by atoms with E-state index in [1.165, 1.54) is 13.0 Å². The van der Waals surface area contributed by atoms with Gasteiger partial charge < -0.3 is 10.4 Å². The molecule has 0 radical (unpaired) electrons. The van der Waals surface area contributed by atoms with Gasteiger partial charge in [-0.05, 0) is 25.1 Å². The van der Waals surface area contributed by atoms with E-state index in [1.54, 1.807) is 0 Å². The molecule has 21 heavy (non-hydrogen) atoms. The molecule has 0 aliphatic rings. The minimum atomic E-state index is -4.41. The molecule has 1 atom stereocenters. The van der Waals surface area contributed by atoms with Crippen LogP contribution in [-0.2, 0) is 0 Å². The van der Waals surface area contributed by atoms with Gasteiger partial charge in [-0.25, -0.2) is 4.39 Å². The van der Waals surface area contributed by atoms with E-state index in [-0.39, 0.29) is 11.1 Å². The fourth-order valence-corrected chi connectivity index (χ4v) is 1.65. The van der Waals surface area contributed by atoms with Crippen molar-refractivity contribution in [3.8, 4) is 11.8 Å². The average molecular weight is 303 g/mol. The quantitative estimate of drug-likeness (QED) is 0.664. The van der Waals surface area contributed by atoms with E-state index in [0.717, 1.165) is 12.1 Å². The van der Waals surface area contributed by atoms with Crippen molar-refractivity contribution in [1.29, 1.82) is 0 Å². The first kappa shape index (κ1) is 17.0. The summed E-state index contributed by atoms with van der Waals surface area (Å²) < 4.78 is 49.8. The summed E-state index contributed by atoms with van der Waals surface area (Å²) in [6, 6.07) is 2.02. The molecule has 2 N–H and O–H groups in total. The van der Waals surface area contributed by atoms with Crippen molar-refractivity contribution in [3.63, 3.8) is 0 Å². The smallest absolute Gasteiger partial charge is 0.384 e. The third-order valence-electron chi connectivity index (χ3n) is 2.44. The Morgan fingerprint density at radius 3 is 2.67 bits per heavy atom. The highest BCUT2D eigenvalue weighted by atomic mass is 19.4. The number of aliphatic hydroxyl groups is 1. The maximum absolute atomic E-state index is 13.2. The van der Waals surface area contributed by atoms with Gasteiger partial charge in [-0.15, -0.1) is 0 Å². The Hall–Kier alpha value is -2.07. The monoisotopic (exact) mass is 303 g/mol. The van der Waals surface area contributed by atoms with E-state index in [2.05, 4.69) is 17.2 Å². The molecule has 3 nitrogen and oxygen atoms in total. The highest BCUT2D eigenvalue weighted by Crippen LogP contribution is 2.21. The normalized spacial score (nSPS) is 12.3. The van der Waals surface area contributed by atoms with Gasteiger partial charge in [0, 0.05) is 11.6 Å². The fourth-order valence-electron chi connectivity index (χ4n) is 1.65. The topological polar surface area (TPSA) is 49.3 Å². The summed E-state index contributed by atoms with van der Waals surface area (Å²) in [4.78, 5) is 11.9. The molecule has 0 bridgehead atoms. The van der Waals surface area contributed by atoms with Crippen LogP contribution in [0.2, 0.25) is 0 Å². The first-order chi connectivity index (χ1) is 9.73. The van der Waals surface area contributed by atoms with Gasteiger partial charge in [0.2, 0.25) is 0 Å². The fraction of sp³-hybridized carbons (Fsp3) is 0.357. The molecule has 114 valence electrons. The van der Waals surface area contributed by atoms with E-state index in [4.69, 9.17) is 5.11 Å². The molecule has 0 spiro atoms. The van der Waals surface area contributed by atoms with Gasteiger partial charge in [0.15, 0.2) is 0 Å². The number of rotatable bonds is 3. The zero-order chi connectivity index (χ0) is 16.0. The second-order valence-electron chi connectivity index (χ2n) is 4.34. The molecule has 1 amide bonds. The van der Waals surface area contributed by atoms with E-state index in [0.29, 0.717) is 0 Å². The van der Waals surface area contributed by atoms with Crippen LogP contribution < -0.4 is 5.32 Å². The van der Waals surface area contributed by atoms with E-state index in [9.17, 15) is 22.4 Å². The Morgan fingerprint density at radius 1 is 1.43 bits per heavy atom. The van der Waals surface area contributed by atoms with Gasteiger partial charge in [0.05, 0.1) is 12.0 Å². The lowest BCUT2D eigenvalue weighted by Gasteiger charge is -2.16. The van der Waals surface area contributed by atoms with Crippen LogP contribution >= 0.6 is 0 Å². The largest absolute Gasteiger partial charge is 0.391 e. The Labute approximate surface area is 119 Å². The van der Waals surface area contributed by atoms with Gasteiger partial charge in [-0.3, -0.25) is 4.79 Å². The average Bonchev–Trinajstić information content (AvgIpc) is 2.34. The molecule has 0 aliphatic heterocycles. The lowest BCUT2D eigenvalue weighted by atomic mass is 10.1. The summed E-state index contributed by atoms with van der Waals surface area (Å²) in [5, 5.41) is 10.8. The van der Waals surface area contributed by atoms with E-state index < -0.39 is 37.0 Å². The molecule has 0 aromatic heterocycles. The second kappa shape index (κ2) is 7.09. The number of amides is 1. The van der Waals surface area contributed by atoms with Crippen molar-refractivity contribution in [3.05, 3.63) is 35.1 Å². The summed E-state index contributed by atoms with van der Waals surface area (Å²) in [5.74, 6) is 3.17. The number of halogens is 4. The van der Waals surface area contributed by atoms with Gasteiger partial charge >= 0.3 is 6.18 Å². The predicted molar refractivity (Wildman–Crippen MR) is 68.0 cm³/mol. The SMILES string of the molecule is CC(CC(F)(F)F)NC(=O)c1cc(F)ccc1C#CCO. The van der Waals surface area contributed by atoms with Crippen LogP contribution in [0.5, 0.6) is 0 Å². The van der Waals surface area contributed by atoms with Gasteiger partial charge in [0.25, 0.3) is 5.91 Å². The summed E-state index contributed by atoms with van der Waals surface area (Å²) in [7, 11) is 0. The zero-order valence-electron chi connectivity index (χ0n) is 11.1. The molecule has 0 saturated heterocycles. The number of aliphatic hydroxyl groups excluding tert-OH is 1. The molecule has 1 aromatic rings. The van der Waals surface area contributed by atoms with Crippen LogP contribution in [0.25, 0.3) is 0 Å². The Kier molecular flexibility index (Phi) is 5.73. The van der Waals surface area contributed by atoms with Crippen molar-refractivity contribution in [2.75, 3.05) is 6.61 Å². The molecular weight excluding hydrogens is 290 g/mol. The van der Waals surface area contributed by atoms with Crippen LogP contribution in [0.1, 0.15) is 29.3 Å². The minimum absolute atomic E-state index is 0.127. The van der Waals surface area contributed by atoms with E-state index in [1.807, 2.05) is 0 Å². The van der Waals surface area contributed by atoms with Crippen LogP contribution in [0, 0.1) is 17.7 Å². The molecule has 0 fully saturated rings. The maximum atomic E-state index is 13.2. The number of hydrogen-bond acceptors (Lipinski definition) is 2. The number of carbonyl (C=O) groups excluding carboxylic acids is 1. The van der Waals surface area contributed by atoms with Gasteiger partial charge in [0.1, 0.15) is 12.4 Å². The van der Waals surface area contributed by atoms with Crippen LogP contribution in [-0.4, -0.2) is 29.8 Å². The van der Waals surface area contributed by atoms with Crippen molar-refractivity contribution < 1.29 is 27.5 Å². The molecule has 7 heteroatoms. The third-order valence-corrected chi connectivity index (χ3v) is 2.44. The maximum Gasteiger partial charge on any atom is 0.391 e. The van der Waals surface area contributed by atoms with Crippen LogP contribution in [0.4, 0.5) is 17.6 Å². The van der Waals surface area contributed by atoms with Crippen molar-refractivity contribution in [2.24, 2.45) is 0 Å². The summed E-state index contributed by atoms with van der Waals surface area (Å²) >= 11 is 0. The predicted octanol–water partition coefficient (Wildman–Crippen LogP) is 2.24. The molecule has 0 heterocycles. The molecule has 0 saturated carbocycles. The first-order valence-corrected chi connectivity index (χ1v) is 6.00. The lowest BCUT2D eigenvalue weighted by molar-refractivity contribution is -0.138. The minimum Gasteiger partial charge on any atom is -0.384 e. The standard InChI is InChI=1S/C14H13F4NO2/c1-9(8-14(16,17)18)19-13(21)12-7-11(15)5-4-10(12)3-2-6-20/h4-5,7,9,20H,6,8H2,1H3,(H,19,21). The Bertz CT molecular complexity index is 573. The number of benzene rings is 1. The molecule has 1 rings (SSSR count). The van der Waals surface area contributed by atoms with E-state index >= 15 is 0 Å². The molecular formula is C14H13F4NO2. The number of hydrogen-bond donors (Lipinski definition) is 2. The van der Waals surface area contributed by atoms with Crippen molar-refractivity contribution in [2.45, 2.75) is 25.6 Å². The van der Waals surface area contributed by atoms with Crippen molar-refractivity contribution >= 4 is 5.91 Å². The molecule has 1 aromatic carbocycles. The second-order valence-corrected chi connectivity index (χ2v) is 4.34. The summed E-state index contributed by atoms with van der Waals surface area (Å²) in [5.41, 5.74) is -0.0490. The highest BCUT2D eigenvalue weighted by molar-refractivity contribution is 5.96. The number of nitrogens with one attached hydrogen (secondary N) is 1. The van der Waals surface area contributed by atoms with Crippen LogP contribution in [0.15, 0.2) is 18.2 Å². The van der Waals surface area contributed by atoms with Gasteiger partial charge in [-0.2, -0.15) is 13.2 Å². The number of alkyl halides is 3. The molecule has 0 aliphatic carbocycles. The molecule has 1 unspecified atom stereocenters. The van der Waals surface area contributed by atoms with Gasteiger partial charge in [-0.1, -0.05) is 11.8 Å². The highest BCUT2D eigenvalue weighted by Gasteiger charge is 2.30. The van der Waals surface area contributed by atoms with Crippen LogP contribution in [0.3, 0.4) is 0 Å². The zero-order valence-corrected chi connectivity index (χ0v) is 11.1. The first-order valence-electron chi connectivity index (χ1n) is 6.00. The lowest BCUT2D eigenvalue weighted by Crippen LogP contribution is -2.36. The summed E-state index contributed by atoms with van der Waals surface area (Å²) in [6.07, 6.45) is -5.60. The third kappa shape index (κ3) is 5.83. The Morgan fingerprint density at radius 2 is 2.10 bits per heavy atom. The number of carbonyl (C=O) groups is 1.